The van der Waals surface area contributed by atoms with Crippen LogP contribution in [0.15, 0.2) is 48.6 Å². The minimum atomic E-state index is 0.0549. The van der Waals surface area contributed by atoms with Gasteiger partial charge in [-0.25, -0.2) is 0 Å². The third kappa shape index (κ3) is 2.97. The number of fused-ring (bicyclic) bond motifs is 3. The summed E-state index contributed by atoms with van der Waals surface area (Å²) in [7, 11) is 0. The van der Waals surface area contributed by atoms with E-state index in [-0.39, 0.29) is 12.6 Å². The molecule has 2 aromatic rings. The standard InChI is InChI=1S/C20H16Cl2N2O/c21-13-10-17-15-2-1-3-16(15)19(24-20(17)18(22)11-13)12-4-6-14(7-5-12)25-9-8-23/h1-2,4-7,10-11,15-16,19,24H,3,9H2. The van der Waals surface area contributed by atoms with Crippen LogP contribution in [0.2, 0.25) is 10.0 Å². The van der Waals surface area contributed by atoms with Gasteiger partial charge in [0, 0.05) is 10.9 Å². The largest absolute Gasteiger partial charge is 0.479 e. The van der Waals surface area contributed by atoms with Gasteiger partial charge in [0.25, 0.3) is 0 Å². The van der Waals surface area contributed by atoms with Crippen molar-refractivity contribution in [2.24, 2.45) is 5.92 Å². The predicted octanol–water partition coefficient (Wildman–Crippen LogP) is 5.72. The Labute approximate surface area is 156 Å². The molecule has 0 amide bonds. The third-order valence-electron chi connectivity index (χ3n) is 4.93. The molecular weight excluding hydrogens is 355 g/mol. The molecule has 2 aliphatic rings. The van der Waals surface area contributed by atoms with E-state index in [9.17, 15) is 0 Å². The van der Waals surface area contributed by atoms with Gasteiger partial charge in [-0.15, -0.1) is 0 Å². The van der Waals surface area contributed by atoms with Gasteiger partial charge in [-0.3, -0.25) is 0 Å². The van der Waals surface area contributed by atoms with Crippen molar-refractivity contribution in [1.29, 1.82) is 5.26 Å². The zero-order valence-electron chi connectivity index (χ0n) is 13.4. The normalized spacial score (nSPS) is 23.3. The van der Waals surface area contributed by atoms with E-state index < -0.39 is 0 Å². The highest BCUT2D eigenvalue weighted by atomic mass is 35.5. The first-order valence-corrected chi connectivity index (χ1v) is 8.95. The maximum absolute atomic E-state index is 8.61. The molecule has 1 aliphatic carbocycles. The summed E-state index contributed by atoms with van der Waals surface area (Å²) in [6.07, 6.45) is 5.51. The van der Waals surface area contributed by atoms with Crippen molar-refractivity contribution in [3.63, 3.8) is 0 Å². The monoisotopic (exact) mass is 370 g/mol. The van der Waals surface area contributed by atoms with Crippen molar-refractivity contribution in [1.82, 2.24) is 0 Å². The summed E-state index contributed by atoms with van der Waals surface area (Å²) in [6.45, 7) is 0.0549. The molecule has 0 aromatic heterocycles. The number of nitrogens with one attached hydrogen (secondary N) is 1. The number of rotatable bonds is 3. The molecule has 2 aromatic carbocycles. The Balaban J connectivity index is 1.68. The maximum Gasteiger partial charge on any atom is 0.174 e. The average molecular weight is 371 g/mol. The van der Waals surface area contributed by atoms with Gasteiger partial charge in [0.15, 0.2) is 6.61 Å². The van der Waals surface area contributed by atoms with Gasteiger partial charge >= 0.3 is 0 Å². The maximum atomic E-state index is 8.61. The summed E-state index contributed by atoms with van der Waals surface area (Å²) in [5, 5.41) is 13.6. The lowest BCUT2D eigenvalue weighted by molar-refractivity contribution is 0.367. The van der Waals surface area contributed by atoms with Crippen LogP contribution in [-0.2, 0) is 0 Å². The van der Waals surface area contributed by atoms with Crippen molar-refractivity contribution < 1.29 is 4.74 Å². The number of hydrogen-bond donors (Lipinski definition) is 1. The predicted molar refractivity (Wildman–Crippen MR) is 100 cm³/mol. The number of nitrogens with zero attached hydrogens (tertiary/aromatic N) is 1. The van der Waals surface area contributed by atoms with Crippen LogP contribution in [0.4, 0.5) is 5.69 Å². The molecule has 3 unspecified atom stereocenters. The number of halogens is 2. The molecule has 0 spiro atoms. The summed E-state index contributed by atoms with van der Waals surface area (Å²) in [5.41, 5.74) is 3.31. The van der Waals surface area contributed by atoms with Crippen LogP contribution < -0.4 is 10.1 Å². The van der Waals surface area contributed by atoms with E-state index in [1.165, 1.54) is 11.1 Å². The van der Waals surface area contributed by atoms with Crippen molar-refractivity contribution in [2.45, 2.75) is 18.4 Å². The number of benzene rings is 2. The molecular formula is C20H16Cl2N2O. The fourth-order valence-corrected chi connectivity index (χ4v) is 4.40. The molecule has 126 valence electrons. The second-order valence-corrected chi connectivity index (χ2v) is 7.19. The molecule has 0 radical (unpaired) electrons. The zero-order valence-corrected chi connectivity index (χ0v) is 14.9. The summed E-state index contributed by atoms with van der Waals surface area (Å²) in [6, 6.07) is 13.8. The van der Waals surface area contributed by atoms with E-state index in [2.05, 4.69) is 29.6 Å². The fraction of sp³-hybridized carbons (Fsp3) is 0.250. The first kappa shape index (κ1) is 16.3. The van der Waals surface area contributed by atoms with Gasteiger partial charge < -0.3 is 10.1 Å². The second-order valence-electron chi connectivity index (χ2n) is 6.34. The minimum Gasteiger partial charge on any atom is -0.479 e. The lowest BCUT2D eigenvalue weighted by atomic mass is 9.77. The van der Waals surface area contributed by atoms with Crippen molar-refractivity contribution in [3.05, 3.63) is 69.7 Å². The zero-order chi connectivity index (χ0) is 17.4. The van der Waals surface area contributed by atoms with Crippen LogP contribution in [0.25, 0.3) is 0 Å². The summed E-state index contributed by atoms with van der Waals surface area (Å²) in [5.74, 6) is 1.44. The van der Waals surface area contributed by atoms with Gasteiger partial charge in [0.05, 0.1) is 16.8 Å². The SMILES string of the molecule is N#CCOc1ccc(C2Nc3c(Cl)cc(Cl)cc3C3C=CCC32)cc1. The molecule has 0 bridgehead atoms. The van der Waals surface area contributed by atoms with Gasteiger partial charge in [0.1, 0.15) is 11.8 Å². The van der Waals surface area contributed by atoms with Crippen LogP contribution in [-0.4, -0.2) is 6.61 Å². The van der Waals surface area contributed by atoms with Crippen molar-refractivity contribution >= 4 is 28.9 Å². The quantitative estimate of drug-likeness (QED) is 0.702. The van der Waals surface area contributed by atoms with E-state index >= 15 is 0 Å². The molecule has 1 aliphatic heterocycles. The van der Waals surface area contributed by atoms with Gasteiger partial charge in [-0.05, 0) is 47.7 Å². The average Bonchev–Trinajstić information content (AvgIpc) is 3.10. The molecule has 3 nitrogen and oxygen atoms in total. The molecule has 4 rings (SSSR count). The Bertz CT molecular complexity index is 871. The Kier molecular flexibility index (Phi) is 4.33. The molecule has 0 fully saturated rings. The van der Waals surface area contributed by atoms with Crippen LogP contribution in [0.3, 0.4) is 0 Å². The molecule has 1 N–H and O–H groups in total. The Morgan fingerprint density at radius 1 is 1.20 bits per heavy atom. The van der Waals surface area contributed by atoms with Crippen molar-refractivity contribution in [2.75, 3.05) is 11.9 Å². The first-order valence-electron chi connectivity index (χ1n) is 8.19. The van der Waals surface area contributed by atoms with E-state index in [4.69, 9.17) is 33.2 Å². The summed E-state index contributed by atoms with van der Waals surface area (Å²) in [4.78, 5) is 0. The molecule has 3 atom stereocenters. The summed E-state index contributed by atoms with van der Waals surface area (Å²) < 4.78 is 5.34. The number of anilines is 1. The highest BCUT2D eigenvalue weighted by Crippen LogP contribution is 2.52. The Morgan fingerprint density at radius 3 is 2.76 bits per heavy atom. The number of hydrogen-bond acceptors (Lipinski definition) is 3. The second kappa shape index (κ2) is 6.63. The van der Waals surface area contributed by atoms with E-state index in [0.717, 1.165) is 12.1 Å². The summed E-state index contributed by atoms with van der Waals surface area (Å²) >= 11 is 12.7. The van der Waals surface area contributed by atoms with E-state index in [1.54, 1.807) is 6.07 Å². The molecule has 1 heterocycles. The molecule has 5 heteroatoms. The highest BCUT2D eigenvalue weighted by molar-refractivity contribution is 6.36. The smallest absolute Gasteiger partial charge is 0.174 e. The molecule has 0 saturated heterocycles. The third-order valence-corrected chi connectivity index (χ3v) is 5.44. The lowest BCUT2D eigenvalue weighted by Gasteiger charge is -2.38. The van der Waals surface area contributed by atoms with Gasteiger partial charge in [-0.1, -0.05) is 47.5 Å². The fourth-order valence-electron chi connectivity index (χ4n) is 3.84. The van der Waals surface area contributed by atoms with E-state index in [1.807, 2.05) is 24.3 Å². The van der Waals surface area contributed by atoms with Crippen LogP contribution in [0.1, 0.15) is 29.5 Å². The van der Waals surface area contributed by atoms with Gasteiger partial charge in [0.2, 0.25) is 0 Å². The van der Waals surface area contributed by atoms with E-state index in [0.29, 0.717) is 27.6 Å². The molecule has 0 saturated carbocycles. The number of allylic oxidation sites excluding steroid dienone is 2. The highest BCUT2D eigenvalue weighted by Gasteiger charge is 2.38. The van der Waals surface area contributed by atoms with Crippen molar-refractivity contribution in [3.8, 4) is 11.8 Å². The Morgan fingerprint density at radius 2 is 2.00 bits per heavy atom. The van der Waals surface area contributed by atoms with Crippen LogP contribution in [0.5, 0.6) is 5.75 Å². The van der Waals surface area contributed by atoms with Gasteiger partial charge in [-0.2, -0.15) is 5.26 Å². The van der Waals surface area contributed by atoms with Crippen LogP contribution >= 0.6 is 23.2 Å². The van der Waals surface area contributed by atoms with Crippen LogP contribution in [0, 0.1) is 17.2 Å². The topological polar surface area (TPSA) is 45.0 Å². The lowest BCUT2D eigenvalue weighted by Crippen LogP contribution is -2.29. The minimum absolute atomic E-state index is 0.0549. The first-order chi connectivity index (χ1) is 12.2. The number of ether oxygens (including phenoxy) is 1. The Hall–Kier alpha value is -2.15. The molecule has 25 heavy (non-hydrogen) atoms. The number of nitriles is 1.